The van der Waals surface area contributed by atoms with Gasteiger partial charge >= 0.3 is 0 Å². The summed E-state index contributed by atoms with van der Waals surface area (Å²) in [6.07, 6.45) is 3.10. The molecule has 0 heterocycles. The van der Waals surface area contributed by atoms with Crippen molar-refractivity contribution < 1.29 is 22.0 Å². The number of hydrogen-bond acceptors (Lipinski definition) is 3. The van der Waals surface area contributed by atoms with E-state index in [2.05, 4.69) is 12.2 Å². The third-order valence-electron chi connectivity index (χ3n) is 4.86. The number of anilines is 2. The average molecular weight is 459 g/mol. The fourth-order valence-corrected chi connectivity index (χ4v) is 4.54. The number of carbonyl (C=O) groups excluding carboxylic acids is 1. The summed E-state index contributed by atoms with van der Waals surface area (Å²) in [5, 5.41) is 2.69. The Labute approximate surface area is 186 Å². The van der Waals surface area contributed by atoms with Gasteiger partial charge in [0.25, 0.3) is 10.0 Å². The molecule has 3 aromatic carbocycles. The fraction of sp³-hybridized carbons (Fsp3) is 0.208. The van der Waals surface area contributed by atoms with Gasteiger partial charge in [0.15, 0.2) is 0 Å². The van der Waals surface area contributed by atoms with Crippen molar-refractivity contribution in [2.75, 3.05) is 16.2 Å². The number of amides is 1. The van der Waals surface area contributed by atoms with Crippen LogP contribution in [0.3, 0.4) is 0 Å². The Morgan fingerprint density at radius 2 is 1.44 bits per heavy atom. The molecule has 8 heteroatoms. The summed E-state index contributed by atoms with van der Waals surface area (Å²) in [5.41, 5.74) is 1.80. The Bertz CT molecular complexity index is 1150. The van der Waals surface area contributed by atoms with Gasteiger partial charge in [-0.25, -0.2) is 17.2 Å². The highest BCUT2D eigenvalue weighted by Gasteiger charge is 2.27. The number of nitrogens with zero attached hydrogens (tertiary/aromatic N) is 1. The van der Waals surface area contributed by atoms with Gasteiger partial charge in [-0.1, -0.05) is 25.5 Å². The predicted octanol–water partition coefficient (Wildman–Crippen LogP) is 5.14. The molecule has 0 unspecified atom stereocenters. The monoisotopic (exact) mass is 458 g/mol. The molecule has 0 fully saturated rings. The largest absolute Gasteiger partial charge is 0.325 e. The van der Waals surface area contributed by atoms with E-state index in [0.29, 0.717) is 5.69 Å². The van der Waals surface area contributed by atoms with Gasteiger partial charge < -0.3 is 5.32 Å². The number of carbonyl (C=O) groups is 1. The minimum atomic E-state index is -4.20. The number of hydrogen-bond donors (Lipinski definition) is 1. The normalized spacial score (nSPS) is 11.2. The second-order valence-electron chi connectivity index (χ2n) is 7.29. The predicted molar refractivity (Wildman–Crippen MR) is 121 cm³/mol. The van der Waals surface area contributed by atoms with Crippen LogP contribution in [0.4, 0.5) is 20.2 Å². The number of rotatable bonds is 9. The van der Waals surface area contributed by atoms with Gasteiger partial charge in [0.1, 0.15) is 18.2 Å². The molecule has 5 nitrogen and oxygen atoms in total. The molecule has 1 N–H and O–H groups in total. The SMILES string of the molecule is CCCCc1ccc(NC(=O)CN(c2ccc(F)cc2)S(=O)(=O)c2ccc(F)cc2)cc1. The van der Waals surface area contributed by atoms with Crippen LogP contribution in [0.1, 0.15) is 25.3 Å². The molecular formula is C24H24F2N2O3S. The minimum absolute atomic E-state index is 0.112. The number of benzene rings is 3. The first-order valence-electron chi connectivity index (χ1n) is 10.2. The van der Waals surface area contributed by atoms with E-state index in [-0.39, 0.29) is 10.6 Å². The van der Waals surface area contributed by atoms with Gasteiger partial charge in [0.05, 0.1) is 10.6 Å². The topological polar surface area (TPSA) is 66.5 Å². The average Bonchev–Trinajstić information content (AvgIpc) is 2.78. The van der Waals surface area contributed by atoms with E-state index in [0.717, 1.165) is 65.5 Å². The van der Waals surface area contributed by atoms with E-state index in [1.807, 2.05) is 12.1 Å². The number of unbranched alkanes of at least 4 members (excludes halogenated alkanes) is 1. The van der Waals surface area contributed by atoms with E-state index in [9.17, 15) is 22.0 Å². The van der Waals surface area contributed by atoms with E-state index >= 15 is 0 Å². The van der Waals surface area contributed by atoms with Crippen LogP contribution >= 0.6 is 0 Å². The Hall–Kier alpha value is -3.26. The lowest BCUT2D eigenvalue weighted by Gasteiger charge is -2.24. The maximum atomic E-state index is 13.4. The van der Waals surface area contributed by atoms with Crippen LogP contribution in [0.2, 0.25) is 0 Å². The molecule has 0 radical (unpaired) electrons. The number of nitrogens with one attached hydrogen (secondary N) is 1. The highest BCUT2D eigenvalue weighted by Crippen LogP contribution is 2.24. The molecule has 0 aliphatic heterocycles. The Kier molecular flexibility index (Phi) is 7.58. The minimum Gasteiger partial charge on any atom is -0.325 e. The van der Waals surface area contributed by atoms with Crippen LogP contribution in [0.15, 0.2) is 77.7 Å². The standard InChI is InChI=1S/C24H24F2N2O3S/c1-2-3-4-18-5-11-21(12-6-18)27-24(29)17-28(22-13-7-19(25)8-14-22)32(30,31)23-15-9-20(26)10-16-23/h5-16H,2-4,17H2,1H3,(H,27,29). The van der Waals surface area contributed by atoms with Gasteiger partial charge in [-0.2, -0.15) is 0 Å². The lowest BCUT2D eigenvalue weighted by molar-refractivity contribution is -0.114. The van der Waals surface area contributed by atoms with Gasteiger partial charge in [-0.05, 0) is 79.1 Å². The maximum Gasteiger partial charge on any atom is 0.264 e. The number of aryl methyl sites for hydroxylation is 1. The molecule has 0 spiro atoms. The lowest BCUT2D eigenvalue weighted by Crippen LogP contribution is -2.38. The molecule has 3 aromatic rings. The zero-order valence-corrected chi connectivity index (χ0v) is 18.4. The zero-order valence-electron chi connectivity index (χ0n) is 17.6. The molecule has 0 bridgehead atoms. The first-order chi connectivity index (χ1) is 15.3. The van der Waals surface area contributed by atoms with Gasteiger partial charge in [0.2, 0.25) is 5.91 Å². The van der Waals surface area contributed by atoms with Crippen molar-refractivity contribution >= 4 is 27.3 Å². The third-order valence-corrected chi connectivity index (χ3v) is 6.65. The maximum absolute atomic E-state index is 13.4. The van der Waals surface area contributed by atoms with Crippen LogP contribution in [-0.2, 0) is 21.2 Å². The quantitative estimate of drug-likeness (QED) is 0.483. The van der Waals surface area contributed by atoms with Crippen molar-refractivity contribution in [2.45, 2.75) is 31.1 Å². The summed E-state index contributed by atoms with van der Waals surface area (Å²) in [4.78, 5) is 12.5. The smallest absolute Gasteiger partial charge is 0.264 e. The van der Waals surface area contributed by atoms with Crippen molar-refractivity contribution in [3.63, 3.8) is 0 Å². The first-order valence-corrected chi connectivity index (χ1v) is 11.7. The van der Waals surface area contributed by atoms with Crippen LogP contribution in [0.25, 0.3) is 0 Å². The van der Waals surface area contributed by atoms with Crippen molar-refractivity contribution in [1.82, 2.24) is 0 Å². The Morgan fingerprint density at radius 3 is 2.00 bits per heavy atom. The van der Waals surface area contributed by atoms with Crippen LogP contribution in [0.5, 0.6) is 0 Å². The second kappa shape index (κ2) is 10.4. The molecule has 0 aromatic heterocycles. The summed E-state index contributed by atoms with van der Waals surface area (Å²) in [6.45, 7) is 1.57. The van der Waals surface area contributed by atoms with Crippen LogP contribution in [-0.4, -0.2) is 20.9 Å². The molecule has 0 atom stereocenters. The molecule has 3 rings (SSSR count). The third kappa shape index (κ3) is 5.91. The van der Waals surface area contributed by atoms with Crippen LogP contribution in [0, 0.1) is 11.6 Å². The van der Waals surface area contributed by atoms with Gasteiger partial charge in [-0.15, -0.1) is 0 Å². The van der Waals surface area contributed by atoms with E-state index in [4.69, 9.17) is 0 Å². The molecule has 168 valence electrons. The number of sulfonamides is 1. The lowest BCUT2D eigenvalue weighted by atomic mass is 10.1. The molecular weight excluding hydrogens is 434 g/mol. The molecule has 1 amide bonds. The summed E-state index contributed by atoms with van der Waals surface area (Å²) in [7, 11) is -4.20. The zero-order chi connectivity index (χ0) is 23.1. The van der Waals surface area contributed by atoms with Crippen molar-refractivity contribution in [2.24, 2.45) is 0 Å². The molecule has 0 aliphatic carbocycles. The second-order valence-corrected chi connectivity index (χ2v) is 9.15. The van der Waals surface area contributed by atoms with Gasteiger partial charge in [-0.3, -0.25) is 9.10 Å². The van der Waals surface area contributed by atoms with Crippen molar-refractivity contribution in [3.8, 4) is 0 Å². The first kappa shape index (κ1) is 23.4. The molecule has 32 heavy (non-hydrogen) atoms. The molecule has 0 saturated carbocycles. The highest BCUT2D eigenvalue weighted by molar-refractivity contribution is 7.92. The summed E-state index contributed by atoms with van der Waals surface area (Å²) < 4.78 is 53.9. The Morgan fingerprint density at radius 1 is 0.875 bits per heavy atom. The van der Waals surface area contributed by atoms with E-state index in [1.165, 1.54) is 12.1 Å². The molecule has 0 saturated heterocycles. The van der Waals surface area contributed by atoms with E-state index in [1.54, 1.807) is 12.1 Å². The van der Waals surface area contributed by atoms with E-state index < -0.39 is 34.1 Å². The summed E-state index contributed by atoms with van der Waals surface area (Å²) in [5.74, 6) is -1.70. The number of halogens is 2. The van der Waals surface area contributed by atoms with Crippen molar-refractivity contribution in [3.05, 3.63) is 90.0 Å². The highest BCUT2D eigenvalue weighted by atomic mass is 32.2. The summed E-state index contributed by atoms with van der Waals surface area (Å²) in [6, 6.07) is 16.4. The fourth-order valence-electron chi connectivity index (χ4n) is 3.12. The Balaban J connectivity index is 1.83. The summed E-state index contributed by atoms with van der Waals surface area (Å²) >= 11 is 0. The molecule has 0 aliphatic rings. The van der Waals surface area contributed by atoms with Crippen LogP contribution < -0.4 is 9.62 Å². The van der Waals surface area contributed by atoms with Gasteiger partial charge in [0, 0.05) is 5.69 Å². The van der Waals surface area contributed by atoms with Crippen molar-refractivity contribution in [1.29, 1.82) is 0 Å².